The average Bonchev–Trinajstić information content (AvgIpc) is 3.50. The van der Waals surface area contributed by atoms with Gasteiger partial charge >= 0.3 is 6.09 Å². The molecule has 1 saturated heterocycles. The lowest BCUT2D eigenvalue weighted by atomic mass is 9.79. The number of rotatable bonds is 9. The Morgan fingerprint density at radius 3 is 2.82 bits per heavy atom. The van der Waals surface area contributed by atoms with Crippen LogP contribution in [-0.2, 0) is 4.74 Å². The summed E-state index contributed by atoms with van der Waals surface area (Å²) in [7, 11) is 0. The first-order chi connectivity index (χ1) is 18.6. The van der Waals surface area contributed by atoms with E-state index >= 15 is 0 Å². The van der Waals surface area contributed by atoms with E-state index < -0.39 is 17.7 Å². The van der Waals surface area contributed by atoms with Crippen LogP contribution in [0.4, 0.5) is 14.9 Å². The molecule has 11 nitrogen and oxygen atoms in total. The van der Waals surface area contributed by atoms with Crippen molar-refractivity contribution < 1.29 is 23.8 Å². The fourth-order valence-corrected chi connectivity index (χ4v) is 4.80. The van der Waals surface area contributed by atoms with Gasteiger partial charge in [-0.1, -0.05) is 0 Å². The Morgan fingerprint density at radius 1 is 1.33 bits per heavy atom. The number of pyridine rings is 1. The summed E-state index contributed by atoms with van der Waals surface area (Å²) >= 11 is 0. The van der Waals surface area contributed by atoms with Crippen molar-refractivity contribution in [1.29, 1.82) is 5.26 Å². The summed E-state index contributed by atoms with van der Waals surface area (Å²) in [4.78, 5) is 31.0. The molecule has 2 fully saturated rings. The Kier molecular flexibility index (Phi) is 7.10. The second kappa shape index (κ2) is 10.5. The fourth-order valence-electron chi connectivity index (χ4n) is 4.80. The van der Waals surface area contributed by atoms with Gasteiger partial charge in [-0.2, -0.15) is 10.4 Å². The molecule has 3 N–H and O–H groups in total. The van der Waals surface area contributed by atoms with Crippen LogP contribution in [0.5, 0.6) is 0 Å². The van der Waals surface area contributed by atoms with Crippen molar-refractivity contribution in [2.45, 2.75) is 44.5 Å². The average molecular weight is 536 g/mol. The quantitative estimate of drug-likeness (QED) is 0.379. The van der Waals surface area contributed by atoms with E-state index in [1.54, 1.807) is 21.5 Å². The van der Waals surface area contributed by atoms with Gasteiger partial charge in [0.1, 0.15) is 18.8 Å². The first-order valence-corrected chi connectivity index (χ1v) is 12.8. The minimum Gasteiger partial charge on any atom is -0.448 e. The summed E-state index contributed by atoms with van der Waals surface area (Å²) in [6.07, 6.45) is 2.59. The number of nitrogens with zero attached hydrogens (tertiary/aromatic N) is 5. The summed E-state index contributed by atoms with van der Waals surface area (Å²) in [6, 6.07) is 9.28. The number of aromatic nitrogens is 3. The molecule has 1 saturated carbocycles. The van der Waals surface area contributed by atoms with Gasteiger partial charge in [0.2, 0.25) is 0 Å². The number of hydrogen-bond donors (Lipinski definition) is 3. The maximum absolute atomic E-state index is 14.3. The summed E-state index contributed by atoms with van der Waals surface area (Å²) in [5.74, 6) is -0.199. The van der Waals surface area contributed by atoms with E-state index in [9.17, 15) is 19.1 Å². The zero-order valence-electron chi connectivity index (χ0n) is 21.7. The lowest BCUT2D eigenvalue weighted by Crippen LogP contribution is -2.43. The normalized spacial score (nSPS) is 19.8. The van der Waals surface area contributed by atoms with Gasteiger partial charge in [0.15, 0.2) is 0 Å². The second-order valence-electron chi connectivity index (χ2n) is 10.6. The van der Waals surface area contributed by atoms with E-state index in [2.05, 4.69) is 26.8 Å². The van der Waals surface area contributed by atoms with Crippen LogP contribution < -0.4 is 10.6 Å². The summed E-state index contributed by atoms with van der Waals surface area (Å²) < 4.78 is 21.0. The maximum atomic E-state index is 14.3. The molecule has 0 bridgehead atoms. The Balaban J connectivity index is 1.37. The second-order valence-corrected chi connectivity index (χ2v) is 10.6. The number of hydrogen-bond acceptors (Lipinski definition) is 8. The van der Waals surface area contributed by atoms with Crippen molar-refractivity contribution in [2.24, 2.45) is 5.92 Å². The Bertz CT molecular complexity index is 1440. The van der Waals surface area contributed by atoms with Gasteiger partial charge in [-0.3, -0.25) is 9.78 Å². The molecule has 5 rings (SSSR count). The Morgan fingerprint density at radius 2 is 2.13 bits per heavy atom. The lowest BCUT2D eigenvalue weighted by Gasteiger charge is -2.38. The number of alkyl halides is 1. The summed E-state index contributed by atoms with van der Waals surface area (Å²) in [5.41, 5.74) is 1.58. The highest BCUT2D eigenvalue weighted by molar-refractivity contribution is 6.00. The molecule has 4 heterocycles. The van der Waals surface area contributed by atoms with Crippen molar-refractivity contribution in [3.63, 3.8) is 0 Å². The van der Waals surface area contributed by atoms with E-state index in [1.165, 1.54) is 26.2 Å². The predicted octanol–water partition coefficient (Wildman–Crippen LogP) is 2.75. The third-order valence-electron chi connectivity index (χ3n) is 7.17. The number of aliphatic hydroxyl groups is 1. The number of halogens is 1. The number of amides is 2. The monoisotopic (exact) mass is 535 g/mol. The van der Waals surface area contributed by atoms with Crippen molar-refractivity contribution in [2.75, 3.05) is 31.6 Å². The van der Waals surface area contributed by atoms with Crippen LogP contribution in [0.1, 0.15) is 42.6 Å². The molecule has 12 heteroatoms. The number of fused-ring (bicyclic) bond motifs is 1. The standard InChI is InChI=1S/C27H30FN7O4/c1-27(2,38)24(28)14-31-25(36)20-13-30-22(23-4-3-19-9-17(11-29)12-32-35(19)23)10-21(20)33-18-7-16(8-18)15-34-5-6-39-26(34)37/h3-4,9-10,12-13,16,18,24,38H,5-8,14-15H2,1-2H3,(H,30,33)(H,31,36). The van der Waals surface area contributed by atoms with Crippen LogP contribution >= 0.6 is 0 Å². The van der Waals surface area contributed by atoms with E-state index in [1.807, 2.05) is 12.1 Å². The van der Waals surface area contributed by atoms with Gasteiger partial charge in [0.25, 0.3) is 5.91 Å². The zero-order valence-corrected chi connectivity index (χ0v) is 21.7. The molecule has 0 aromatic carbocycles. The van der Waals surface area contributed by atoms with Gasteiger partial charge in [-0.15, -0.1) is 0 Å². The number of carbonyl (C=O) groups is 2. The molecule has 3 aromatic heterocycles. The zero-order chi connectivity index (χ0) is 27.7. The molecule has 3 aromatic rings. The molecular weight excluding hydrogens is 505 g/mol. The first-order valence-electron chi connectivity index (χ1n) is 12.8. The highest BCUT2D eigenvalue weighted by Gasteiger charge is 2.34. The van der Waals surface area contributed by atoms with Crippen LogP contribution in [-0.4, -0.2) is 80.7 Å². The summed E-state index contributed by atoms with van der Waals surface area (Å²) in [6.45, 7) is 3.98. The maximum Gasteiger partial charge on any atom is 0.409 e. The van der Waals surface area contributed by atoms with Crippen LogP contribution in [0.2, 0.25) is 0 Å². The van der Waals surface area contributed by atoms with Crippen LogP contribution in [0, 0.1) is 17.2 Å². The molecular formula is C27H30FN7O4. The fraction of sp³-hybridized carbons (Fsp3) is 0.444. The highest BCUT2D eigenvalue weighted by Crippen LogP contribution is 2.34. The molecule has 1 aliphatic carbocycles. The smallest absolute Gasteiger partial charge is 0.409 e. The molecule has 39 heavy (non-hydrogen) atoms. The predicted molar refractivity (Wildman–Crippen MR) is 140 cm³/mol. The van der Waals surface area contributed by atoms with Gasteiger partial charge < -0.3 is 25.4 Å². The van der Waals surface area contributed by atoms with Gasteiger partial charge in [-0.05, 0) is 56.9 Å². The third-order valence-corrected chi connectivity index (χ3v) is 7.17. The highest BCUT2D eigenvalue weighted by atomic mass is 19.1. The topological polar surface area (TPSA) is 145 Å². The van der Waals surface area contributed by atoms with Crippen LogP contribution in [0.25, 0.3) is 16.9 Å². The van der Waals surface area contributed by atoms with Gasteiger partial charge in [-0.25, -0.2) is 13.7 Å². The number of anilines is 1. The van der Waals surface area contributed by atoms with Gasteiger partial charge in [0, 0.05) is 18.8 Å². The van der Waals surface area contributed by atoms with E-state index in [0.29, 0.717) is 48.3 Å². The molecule has 1 atom stereocenters. The Labute approximate surface area is 224 Å². The van der Waals surface area contributed by atoms with Crippen molar-refractivity contribution in [3.8, 4) is 17.5 Å². The number of nitrogens with one attached hydrogen (secondary N) is 2. The van der Waals surface area contributed by atoms with Crippen molar-refractivity contribution in [1.82, 2.24) is 24.8 Å². The molecule has 2 aliphatic rings. The van der Waals surface area contributed by atoms with Gasteiger partial charge in [0.05, 0.1) is 58.6 Å². The first kappa shape index (κ1) is 26.4. The molecule has 0 spiro atoms. The lowest BCUT2D eigenvalue weighted by molar-refractivity contribution is -0.00177. The number of ether oxygens (including phenoxy) is 1. The minimum atomic E-state index is -1.65. The molecule has 2 amide bonds. The van der Waals surface area contributed by atoms with Crippen LogP contribution in [0.15, 0.2) is 36.7 Å². The summed E-state index contributed by atoms with van der Waals surface area (Å²) in [5, 5.41) is 29.4. The largest absolute Gasteiger partial charge is 0.448 e. The minimum absolute atomic E-state index is 0.0705. The number of cyclic esters (lactones) is 1. The SMILES string of the molecule is CC(C)(O)C(F)CNC(=O)c1cnc(-c2ccc3cc(C#N)cnn23)cc1NC1CC(CN2CCOC2=O)C1. The van der Waals surface area contributed by atoms with Crippen molar-refractivity contribution >= 4 is 23.2 Å². The van der Waals surface area contributed by atoms with E-state index in [0.717, 1.165) is 18.4 Å². The molecule has 1 aliphatic heterocycles. The van der Waals surface area contributed by atoms with E-state index in [4.69, 9.17) is 10.00 Å². The number of nitriles is 1. The molecule has 204 valence electrons. The Hall–Kier alpha value is -4.24. The van der Waals surface area contributed by atoms with Crippen LogP contribution in [0.3, 0.4) is 0 Å². The third kappa shape index (κ3) is 5.63. The molecule has 1 unspecified atom stereocenters. The molecule has 0 radical (unpaired) electrons. The van der Waals surface area contributed by atoms with Crippen molar-refractivity contribution in [3.05, 3.63) is 47.8 Å². The van der Waals surface area contributed by atoms with E-state index in [-0.39, 0.29) is 24.2 Å². The number of carbonyl (C=O) groups excluding carboxylic acids is 2.